The Balaban J connectivity index is 2.87. The second-order valence-corrected chi connectivity index (χ2v) is 4.40. The highest BCUT2D eigenvalue weighted by Gasteiger charge is 2.15. The number of hydrogen-bond acceptors (Lipinski definition) is 4. The Morgan fingerprint density at radius 3 is 2.70 bits per heavy atom. The molecule has 0 aliphatic heterocycles. The summed E-state index contributed by atoms with van der Waals surface area (Å²) in [4.78, 5) is 23.8. The number of nitrogens with one attached hydrogen (secondary N) is 1. The summed E-state index contributed by atoms with van der Waals surface area (Å²) < 4.78 is 0. The number of urea groups is 1. The number of aryl methyl sites for hydroxylation is 1. The summed E-state index contributed by atoms with van der Waals surface area (Å²) in [5.74, 6) is 0. The summed E-state index contributed by atoms with van der Waals surface area (Å²) in [6, 6.07) is 3.94. The molecule has 0 saturated heterocycles. The van der Waals surface area contributed by atoms with Gasteiger partial charge in [-0.1, -0.05) is 13.0 Å². The molecule has 7 heteroatoms. The van der Waals surface area contributed by atoms with E-state index in [4.69, 9.17) is 5.11 Å². The van der Waals surface area contributed by atoms with E-state index in [1.54, 1.807) is 13.0 Å². The van der Waals surface area contributed by atoms with Crippen molar-refractivity contribution in [3.63, 3.8) is 0 Å². The maximum Gasteiger partial charge on any atom is 0.321 e. The number of amides is 2. The molecule has 1 aromatic carbocycles. The normalized spacial score (nSPS) is 10.2. The van der Waals surface area contributed by atoms with Gasteiger partial charge in [0.1, 0.15) is 0 Å². The van der Waals surface area contributed by atoms with Crippen LogP contribution in [0.4, 0.5) is 16.2 Å². The largest absolute Gasteiger partial charge is 0.395 e. The smallest absolute Gasteiger partial charge is 0.321 e. The van der Waals surface area contributed by atoms with E-state index in [1.807, 2.05) is 6.92 Å². The monoisotopic (exact) mass is 281 g/mol. The topological polar surface area (TPSA) is 95.7 Å². The molecule has 1 rings (SSSR count). The summed E-state index contributed by atoms with van der Waals surface area (Å²) in [5.41, 5.74) is 1.07. The number of carbonyl (C=O) groups excluding carboxylic acids is 1. The van der Waals surface area contributed by atoms with Crippen LogP contribution in [0.25, 0.3) is 0 Å². The van der Waals surface area contributed by atoms with Crippen molar-refractivity contribution in [2.24, 2.45) is 0 Å². The van der Waals surface area contributed by atoms with Crippen LogP contribution < -0.4 is 5.32 Å². The lowest BCUT2D eigenvalue weighted by molar-refractivity contribution is -0.384. The molecule has 0 aliphatic rings. The van der Waals surface area contributed by atoms with Gasteiger partial charge in [0.25, 0.3) is 5.69 Å². The number of nitro benzene ring substituents is 1. The summed E-state index contributed by atoms with van der Waals surface area (Å²) in [5, 5.41) is 22.3. The molecule has 2 amide bonds. The van der Waals surface area contributed by atoms with Gasteiger partial charge in [0.15, 0.2) is 0 Å². The number of nitrogens with zero attached hydrogens (tertiary/aromatic N) is 2. The van der Waals surface area contributed by atoms with Crippen molar-refractivity contribution in [2.45, 2.75) is 20.3 Å². The molecule has 0 fully saturated rings. The van der Waals surface area contributed by atoms with E-state index in [0.29, 0.717) is 12.2 Å². The Labute approximate surface area is 117 Å². The zero-order chi connectivity index (χ0) is 15.1. The molecule has 0 unspecified atom stereocenters. The highest BCUT2D eigenvalue weighted by Crippen LogP contribution is 2.22. The van der Waals surface area contributed by atoms with Gasteiger partial charge in [0.2, 0.25) is 0 Å². The molecule has 1 aromatic rings. The zero-order valence-electron chi connectivity index (χ0n) is 11.6. The predicted octanol–water partition coefficient (Wildman–Crippen LogP) is 2.14. The van der Waals surface area contributed by atoms with E-state index in [1.165, 1.54) is 17.0 Å². The van der Waals surface area contributed by atoms with Crippen LogP contribution in [0.15, 0.2) is 18.2 Å². The van der Waals surface area contributed by atoms with Gasteiger partial charge in [0.05, 0.1) is 17.2 Å². The molecular weight excluding hydrogens is 262 g/mol. The molecule has 0 heterocycles. The molecule has 0 radical (unpaired) electrons. The average molecular weight is 281 g/mol. The number of rotatable bonds is 6. The first-order valence-electron chi connectivity index (χ1n) is 6.41. The lowest BCUT2D eigenvalue weighted by Crippen LogP contribution is -2.37. The van der Waals surface area contributed by atoms with Crippen molar-refractivity contribution in [1.29, 1.82) is 0 Å². The third kappa shape index (κ3) is 4.20. The molecule has 2 N–H and O–H groups in total. The summed E-state index contributed by atoms with van der Waals surface area (Å²) in [6.07, 6.45) is 0.765. The van der Waals surface area contributed by atoms with Crippen molar-refractivity contribution >= 4 is 17.4 Å². The molecule has 0 aliphatic carbocycles. The van der Waals surface area contributed by atoms with Crippen molar-refractivity contribution in [3.05, 3.63) is 33.9 Å². The van der Waals surface area contributed by atoms with Crippen LogP contribution >= 0.6 is 0 Å². The fourth-order valence-electron chi connectivity index (χ4n) is 1.76. The molecule has 7 nitrogen and oxygen atoms in total. The molecule has 0 bridgehead atoms. The third-order valence-electron chi connectivity index (χ3n) is 2.82. The summed E-state index contributed by atoms with van der Waals surface area (Å²) in [7, 11) is 0. The number of aliphatic hydroxyl groups excluding tert-OH is 1. The minimum atomic E-state index is -0.507. The molecule has 0 saturated carbocycles. The first-order chi connectivity index (χ1) is 9.49. The molecule has 20 heavy (non-hydrogen) atoms. The van der Waals surface area contributed by atoms with E-state index in [-0.39, 0.29) is 24.9 Å². The number of nitro groups is 1. The zero-order valence-corrected chi connectivity index (χ0v) is 11.6. The Morgan fingerprint density at radius 2 is 2.15 bits per heavy atom. The molecule has 110 valence electrons. The minimum Gasteiger partial charge on any atom is -0.395 e. The fraction of sp³-hybridized carbons (Fsp3) is 0.462. The first-order valence-corrected chi connectivity index (χ1v) is 6.41. The van der Waals surface area contributed by atoms with E-state index in [0.717, 1.165) is 12.0 Å². The predicted molar refractivity (Wildman–Crippen MR) is 75.8 cm³/mol. The highest BCUT2D eigenvalue weighted by atomic mass is 16.6. The first kappa shape index (κ1) is 15.9. The average Bonchev–Trinajstić information content (AvgIpc) is 2.40. The van der Waals surface area contributed by atoms with Gasteiger partial charge in [-0.3, -0.25) is 10.1 Å². The van der Waals surface area contributed by atoms with E-state index < -0.39 is 4.92 Å². The van der Waals surface area contributed by atoms with Gasteiger partial charge in [-0.05, 0) is 18.9 Å². The van der Waals surface area contributed by atoms with Gasteiger partial charge >= 0.3 is 6.03 Å². The SMILES string of the molecule is CCCN(CCO)C(=O)Nc1cc([N+](=O)[O-])ccc1C. The number of carbonyl (C=O) groups is 1. The van der Waals surface area contributed by atoms with Crippen LogP contribution in [0.5, 0.6) is 0 Å². The second kappa shape index (κ2) is 7.44. The fourth-order valence-corrected chi connectivity index (χ4v) is 1.76. The second-order valence-electron chi connectivity index (χ2n) is 4.40. The van der Waals surface area contributed by atoms with Gasteiger partial charge in [0, 0.05) is 25.2 Å². The van der Waals surface area contributed by atoms with Gasteiger partial charge in [-0.25, -0.2) is 4.79 Å². The standard InChI is InChI=1S/C13H19N3O4/c1-3-6-15(7-8-17)13(18)14-12-9-11(16(19)20)5-4-10(12)2/h4-5,9,17H,3,6-8H2,1-2H3,(H,14,18). The van der Waals surface area contributed by atoms with Crippen LogP contribution in [0, 0.1) is 17.0 Å². The summed E-state index contributed by atoms with van der Waals surface area (Å²) >= 11 is 0. The number of anilines is 1. The van der Waals surface area contributed by atoms with Crippen LogP contribution in [0.3, 0.4) is 0 Å². The van der Waals surface area contributed by atoms with Crippen molar-refractivity contribution < 1.29 is 14.8 Å². The van der Waals surface area contributed by atoms with Crippen LogP contribution in [-0.4, -0.2) is 40.7 Å². The van der Waals surface area contributed by atoms with Gasteiger partial charge in [-0.2, -0.15) is 0 Å². The maximum absolute atomic E-state index is 12.1. The molecule has 0 atom stereocenters. The number of benzene rings is 1. The van der Waals surface area contributed by atoms with Crippen LogP contribution in [0.2, 0.25) is 0 Å². The lowest BCUT2D eigenvalue weighted by atomic mass is 10.2. The van der Waals surface area contributed by atoms with Crippen molar-refractivity contribution in [3.8, 4) is 0 Å². The van der Waals surface area contributed by atoms with E-state index in [2.05, 4.69) is 5.32 Å². The van der Waals surface area contributed by atoms with Gasteiger partial charge < -0.3 is 15.3 Å². The molecule has 0 spiro atoms. The van der Waals surface area contributed by atoms with Gasteiger partial charge in [-0.15, -0.1) is 0 Å². The number of hydrogen-bond donors (Lipinski definition) is 2. The quantitative estimate of drug-likeness (QED) is 0.616. The van der Waals surface area contributed by atoms with Crippen LogP contribution in [0.1, 0.15) is 18.9 Å². The minimum absolute atomic E-state index is 0.0740. The van der Waals surface area contributed by atoms with Crippen LogP contribution in [-0.2, 0) is 0 Å². The van der Waals surface area contributed by atoms with Crippen molar-refractivity contribution in [1.82, 2.24) is 4.90 Å². The van der Waals surface area contributed by atoms with Crippen molar-refractivity contribution in [2.75, 3.05) is 25.0 Å². The molecular formula is C13H19N3O4. The lowest BCUT2D eigenvalue weighted by Gasteiger charge is -2.22. The maximum atomic E-state index is 12.1. The number of aliphatic hydroxyl groups is 1. The Morgan fingerprint density at radius 1 is 1.45 bits per heavy atom. The van der Waals surface area contributed by atoms with E-state index in [9.17, 15) is 14.9 Å². The van der Waals surface area contributed by atoms with E-state index >= 15 is 0 Å². The third-order valence-corrected chi connectivity index (χ3v) is 2.82. The Bertz CT molecular complexity index is 485. The Hall–Kier alpha value is -2.15. The molecule has 0 aromatic heterocycles. The highest BCUT2D eigenvalue weighted by molar-refractivity contribution is 5.90. The Kier molecular flexibility index (Phi) is 5.92. The summed E-state index contributed by atoms with van der Waals surface area (Å²) in [6.45, 7) is 4.31. The number of non-ortho nitro benzene ring substituents is 1.